The molecule has 0 aliphatic carbocycles. The summed E-state index contributed by atoms with van der Waals surface area (Å²) in [5, 5.41) is 1.10. The number of hydrogen-bond donors (Lipinski definition) is 1. The molecule has 2 aromatic rings. The zero-order chi connectivity index (χ0) is 14.8. The van der Waals surface area contributed by atoms with E-state index in [4.69, 9.17) is 0 Å². The minimum Gasteiger partial charge on any atom is -0.469 e. The molecule has 0 saturated carbocycles. The molecule has 0 atom stereocenters. The Hall–Kier alpha value is -1.77. The van der Waals surface area contributed by atoms with E-state index >= 15 is 0 Å². The van der Waals surface area contributed by atoms with Gasteiger partial charge in [0.25, 0.3) is 0 Å². The van der Waals surface area contributed by atoms with Crippen LogP contribution >= 0.6 is 0 Å². The molecule has 1 aromatic heterocycles. The number of rotatable bonds is 2. The zero-order valence-corrected chi connectivity index (χ0v) is 12.8. The topological polar surface area (TPSA) is 42.1 Å². The number of fused-ring (bicyclic) bond motifs is 1. The maximum Gasteiger partial charge on any atom is 0.310 e. The van der Waals surface area contributed by atoms with Crippen molar-refractivity contribution in [2.45, 2.75) is 41.0 Å². The molecular weight excluding hydrogens is 238 g/mol. The van der Waals surface area contributed by atoms with Crippen molar-refractivity contribution < 1.29 is 9.53 Å². The standard InChI is InChI=1S/C12H13NO2.2C2H6/c1-8-3-4-11-10(5-8)9(7-13-11)6-12(14)15-2;2*1-2/h3-5,7,13H,6H2,1-2H3;2*1-2H3. The first kappa shape index (κ1) is 17.2. The van der Waals surface area contributed by atoms with Crippen LogP contribution < -0.4 is 0 Å². The van der Waals surface area contributed by atoms with Crippen LogP contribution in [-0.2, 0) is 16.0 Å². The highest BCUT2D eigenvalue weighted by Gasteiger charge is 2.08. The van der Waals surface area contributed by atoms with E-state index in [1.165, 1.54) is 12.7 Å². The van der Waals surface area contributed by atoms with Crippen molar-refractivity contribution in [1.82, 2.24) is 4.98 Å². The number of carbonyl (C=O) groups excluding carboxylic acids is 1. The highest BCUT2D eigenvalue weighted by molar-refractivity contribution is 5.87. The van der Waals surface area contributed by atoms with Crippen LogP contribution in [0.25, 0.3) is 10.9 Å². The van der Waals surface area contributed by atoms with Gasteiger partial charge in [-0.05, 0) is 24.6 Å². The molecule has 0 fully saturated rings. The quantitative estimate of drug-likeness (QED) is 0.823. The number of benzene rings is 1. The van der Waals surface area contributed by atoms with E-state index in [-0.39, 0.29) is 5.97 Å². The number of H-pyrrole nitrogens is 1. The molecule has 0 saturated heterocycles. The Kier molecular flexibility index (Phi) is 8.34. The van der Waals surface area contributed by atoms with Gasteiger partial charge in [0.1, 0.15) is 0 Å². The van der Waals surface area contributed by atoms with Gasteiger partial charge in [0.2, 0.25) is 0 Å². The Labute approximate surface area is 116 Å². The predicted octanol–water partition coefficient (Wildman–Crippen LogP) is 4.24. The first-order valence-corrected chi connectivity index (χ1v) is 6.84. The van der Waals surface area contributed by atoms with Crippen LogP contribution in [0.3, 0.4) is 0 Å². The summed E-state index contributed by atoms with van der Waals surface area (Å²) in [6, 6.07) is 6.14. The highest BCUT2D eigenvalue weighted by Crippen LogP contribution is 2.20. The van der Waals surface area contributed by atoms with Crippen LogP contribution in [-0.4, -0.2) is 18.1 Å². The summed E-state index contributed by atoms with van der Waals surface area (Å²) in [5.41, 5.74) is 3.23. The van der Waals surface area contributed by atoms with E-state index in [0.29, 0.717) is 6.42 Å². The molecule has 0 aliphatic heterocycles. The average molecular weight is 263 g/mol. The molecule has 0 amide bonds. The molecule has 0 bridgehead atoms. The Morgan fingerprint density at radius 3 is 2.42 bits per heavy atom. The molecule has 0 radical (unpaired) electrons. The molecular formula is C16H25NO2. The van der Waals surface area contributed by atoms with E-state index in [2.05, 4.69) is 15.8 Å². The Bertz CT molecular complexity index is 500. The van der Waals surface area contributed by atoms with Crippen molar-refractivity contribution in [2.75, 3.05) is 7.11 Å². The fourth-order valence-electron chi connectivity index (χ4n) is 1.67. The van der Waals surface area contributed by atoms with Crippen molar-refractivity contribution in [2.24, 2.45) is 0 Å². The molecule has 3 heteroatoms. The normalized spacial score (nSPS) is 8.95. The first-order valence-electron chi connectivity index (χ1n) is 6.84. The Morgan fingerprint density at radius 1 is 1.21 bits per heavy atom. The number of methoxy groups -OCH3 is 1. The summed E-state index contributed by atoms with van der Waals surface area (Å²) < 4.78 is 4.65. The third kappa shape index (κ3) is 4.78. The van der Waals surface area contributed by atoms with Gasteiger partial charge < -0.3 is 9.72 Å². The fraction of sp³-hybridized carbons (Fsp3) is 0.438. The van der Waals surface area contributed by atoms with E-state index in [0.717, 1.165) is 16.5 Å². The van der Waals surface area contributed by atoms with E-state index in [1.54, 1.807) is 0 Å². The van der Waals surface area contributed by atoms with E-state index in [9.17, 15) is 4.79 Å². The highest BCUT2D eigenvalue weighted by atomic mass is 16.5. The lowest BCUT2D eigenvalue weighted by Crippen LogP contribution is -2.03. The molecule has 106 valence electrons. The van der Waals surface area contributed by atoms with Gasteiger partial charge in [-0.1, -0.05) is 39.3 Å². The van der Waals surface area contributed by atoms with Crippen molar-refractivity contribution in [1.29, 1.82) is 0 Å². The molecule has 0 unspecified atom stereocenters. The largest absolute Gasteiger partial charge is 0.469 e. The maximum atomic E-state index is 11.2. The van der Waals surface area contributed by atoms with Crippen LogP contribution in [0.5, 0.6) is 0 Å². The predicted molar refractivity (Wildman–Crippen MR) is 81.5 cm³/mol. The number of carbonyl (C=O) groups is 1. The summed E-state index contributed by atoms with van der Waals surface area (Å²) in [7, 11) is 1.41. The molecule has 1 aromatic carbocycles. The summed E-state index contributed by atoms with van der Waals surface area (Å²) >= 11 is 0. The number of aromatic nitrogens is 1. The number of aryl methyl sites for hydroxylation is 1. The SMILES string of the molecule is CC.CC.COC(=O)Cc1c[nH]c2ccc(C)cc12. The van der Waals surface area contributed by atoms with Gasteiger partial charge in [-0.3, -0.25) is 4.79 Å². The van der Waals surface area contributed by atoms with Crippen LogP contribution in [0, 0.1) is 6.92 Å². The van der Waals surface area contributed by atoms with Gasteiger partial charge >= 0.3 is 5.97 Å². The van der Waals surface area contributed by atoms with Gasteiger partial charge in [0.05, 0.1) is 13.5 Å². The van der Waals surface area contributed by atoms with Crippen molar-refractivity contribution in [3.63, 3.8) is 0 Å². The maximum absolute atomic E-state index is 11.2. The fourth-order valence-corrected chi connectivity index (χ4v) is 1.67. The van der Waals surface area contributed by atoms with Gasteiger partial charge in [0, 0.05) is 17.1 Å². The molecule has 3 nitrogen and oxygen atoms in total. The molecule has 1 N–H and O–H groups in total. The smallest absolute Gasteiger partial charge is 0.310 e. The summed E-state index contributed by atoms with van der Waals surface area (Å²) in [4.78, 5) is 14.3. The van der Waals surface area contributed by atoms with Crippen LogP contribution in [0.1, 0.15) is 38.8 Å². The minimum absolute atomic E-state index is 0.211. The van der Waals surface area contributed by atoms with Crippen LogP contribution in [0.15, 0.2) is 24.4 Å². The zero-order valence-electron chi connectivity index (χ0n) is 12.8. The molecule has 0 spiro atoms. The summed E-state index contributed by atoms with van der Waals surface area (Å²) in [6.07, 6.45) is 2.18. The number of hydrogen-bond acceptors (Lipinski definition) is 2. The van der Waals surface area contributed by atoms with Crippen molar-refractivity contribution in [3.8, 4) is 0 Å². The number of esters is 1. The Balaban J connectivity index is 0.000000741. The lowest BCUT2D eigenvalue weighted by Gasteiger charge is -1.98. The number of aromatic amines is 1. The van der Waals surface area contributed by atoms with Crippen molar-refractivity contribution >= 4 is 16.9 Å². The monoisotopic (exact) mass is 263 g/mol. The summed E-state index contributed by atoms with van der Waals surface area (Å²) in [5.74, 6) is -0.211. The molecule has 2 rings (SSSR count). The second-order valence-electron chi connectivity index (χ2n) is 3.62. The van der Waals surface area contributed by atoms with Gasteiger partial charge in [-0.15, -0.1) is 0 Å². The lowest BCUT2D eigenvalue weighted by atomic mass is 10.1. The molecule has 1 heterocycles. The molecule has 19 heavy (non-hydrogen) atoms. The van der Waals surface area contributed by atoms with E-state index in [1.807, 2.05) is 52.9 Å². The minimum atomic E-state index is -0.211. The average Bonchev–Trinajstić information content (AvgIpc) is 2.85. The van der Waals surface area contributed by atoms with Crippen molar-refractivity contribution in [3.05, 3.63) is 35.5 Å². The van der Waals surface area contributed by atoms with Gasteiger partial charge in [-0.2, -0.15) is 0 Å². The third-order valence-corrected chi connectivity index (χ3v) is 2.49. The number of ether oxygens (including phenoxy) is 1. The van der Waals surface area contributed by atoms with E-state index < -0.39 is 0 Å². The molecule has 0 aliphatic rings. The van der Waals surface area contributed by atoms with Gasteiger partial charge in [0.15, 0.2) is 0 Å². The Morgan fingerprint density at radius 2 is 1.84 bits per heavy atom. The van der Waals surface area contributed by atoms with Crippen LogP contribution in [0.4, 0.5) is 0 Å². The second kappa shape index (κ2) is 9.20. The van der Waals surface area contributed by atoms with Gasteiger partial charge in [-0.25, -0.2) is 0 Å². The summed E-state index contributed by atoms with van der Waals surface area (Å²) in [6.45, 7) is 10.0. The van der Waals surface area contributed by atoms with Crippen LogP contribution in [0.2, 0.25) is 0 Å². The second-order valence-corrected chi connectivity index (χ2v) is 3.62. The first-order chi connectivity index (χ1) is 9.20. The third-order valence-electron chi connectivity index (χ3n) is 2.49. The number of nitrogens with one attached hydrogen (secondary N) is 1. The lowest BCUT2D eigenvalue weighted by molar-refractivity contribution is -0.139.